The molecular formula is C18H23N3O2S. The fraction of sp³-hybridized carbons (Fsp3) is 0.444. The van der Waals surface area contributed by atoms with Crippen LogP contribution in [0, 0.1) is 5.92 Å². The van der Waals surface area contributed by atoms with Crippen LogP contribution in [0.5, 0.6) is 5.75 Å². The van der Waals surface area contributed by atoms with Crippen LogP contribution in [-0.2, 0) is 0 Å². The second-order valence-corrected chi connectivity index (χ2v) is 7.11. The summed E-state index contributed by atoms with van der Waals surface area (Å²) in [5.74, 6) is 1.13. The van der Waals surface area contributed by atoms with Crippen LogP contribution in [-0.4, -0.2) is 42.0 Å². The van der Waals surface area contributed by atoms with Gasteiger partial charge in [0.1, 0.15) is 16.5 Å². The van der Waals surface area contributed by atoms with Crippen LogP contribution < -0.4 is 10.5 Å². The van der Waals surface area contributed by atoms with Crippen molar-refractivity contribution in [2.75, 3.05) is 20.2 Å². The monoisotopic (exact) mass is 345 g/mol. The lowest BCUT2D eigenvalue weighted by Crippen LogP contribution is -2.45. The van der Waals surface area contributed by atoms with Crippen molar-refractivity contribution >= 4 is 17.2 Å². The van der Waals surface area contributed by atoms with Crippen LogP contribution in [0.15, 0.2) is 29.6 Å². The van der Waals surface area contributed by atoms with Gasteiger partial charge in [-0.25, -0.2) is 4.98 Å². The molecule has 1 aromatic heterocycles. The number of methoxy groups -OCH3 is 1. The molecule has 0 bridgehead atoms. The van der Waals surface area contributed by atoms with E-state index in [1.807, 2.05) is 41.5 Å². The molecule has 2 aromatic rings. The lowest BCUT2D eigenvalue weighted by atomic mass is 9.92. The second kappa shape index (κ2) is 7.32. The Morgan fingerprint density at radius 3 is 3.00 bits per heavy atom. The van der Waals surface area contributed by atoms with Gasteiger partial charge in [-0.15, -0.1) is 11.3 Å². The first-order valence-corrected chi connectivity index (χ1v) is 9.12. The molecule has 0 saturated carbocycles. The van der Waals surface area contributed by atoms with Crippen LogP contribution in [0.3, 0.4) is 0 Å². The summed E-state index contributed by atoms with van der Waals surface area (Å²) >= 11 is 1.47. The number of carbonyl (C=O) groups is 1. The Kier molecular flexibility index (Phi) is 5.16. The van der Waals surface area contributed by atoms with Crippen molar-refractivity contribution in [3.05, 3.63) is 35.3 Å². The molecule has 1 amide bonds. The van der Waals surface area contributed by atoms with Gasteiger partial charge in [-0.2, -0.15) is 0 Å². The van der Waals surface area contributed by atoms with E-state index in [0.29, 0.717) is 11.6 Å². The molecule has 0 radical (unpaired) electrons. The Morgan fingerprint density at radius 1 is 1.46 bits per heavy atom. The van der Waals surface area contributed by atoms with Gasteiger partial charge in [0.15, 0.2) is 0 Å². The minimum absolute atomic E-state index is 0.00209. The van der Waals surface area contributed by atoms with E-state index in [4.69, 9.17) is 10.5 Å². The third kappa shape index (κ3) is 3.44. The summed E-state index contributed by atoms with van der Waals surface area (Å²) in [6, 6.07) is 7.83. The zero-order valence-electron chi connectivity index (χ0n) is 14.1. The smallest absolute Gasteiger partial charge is 0.273 e. The van der Waals surface area contributed by atoms with Gasteiger partial charge in [0.25, 0.3) is 5.91 Å². The van der Waals surface area contributed by atoms with Gasteiger partial charge < -0.3 is 15.4 Å². The van der Waals surface area contributed by atoms with Gasteiger partial charge in [-0.1, -0.05) is 12.1 Å². The summed E-state index contributed by atoms with van der Waals surface area (Å²) in [6.45, 7) is 3.52. The standard InChI is InChI=1S/C18H23N3O2S/c1-12(19)13-6-5-9-21(10-13)18(22)15-11-24-17(20-15)14-7-3-4-8-16(14)23-2/h3-4,7-8,11-13H,5-6,9-10,19H2,1-2H3/t12-,13-/m1/s1. The van der Waals surface area contributed by atoms with Crippen molar-refractivity contribution in [3.8, 4) is 16.3 Å². The highest BCUT2D eigenvalue weighted by atomic mass is 32.1. The molecule has 2 heterocycles. The number of piperidine rings is 1. The molecule has 2 N–H and O–H groups in total. The second-order valence-electron chi connectivity index (χ2n) is 6.25. The molecular weight excluding hydrogens is 322 g/mol. The first kappa shape index (κ1) is 16.9. The highest BCUT2D eigenvalue weighted by molar-refractivity contribution is 7.13. The molecule has 2 atom stereocenters. The maximum Gasteiger partial charge on any atom is 0.273 e. The van der Waals surface area contributed by atoms with Gasteiger partial charge in [0, 0.05) is 24.5 Å². The zero-order valence-corrected chi connectivity index (χ0v) is 14.9. The molecule has 24 heavy (non-hydrogen) atoms. The number of benzene rings is 1. The molecule has 0 aliphatic carbocycles. The molecule has 1 saturated heterocycles. The highest BCUT2D eigenvalue weighted by Crippen LogP contribution is 2.32. The van der Waals surface area contributed by atoms with Crippen LogP contribution in [0.1, 0.15) is 30.3 Å². The average molecular weight is 345 g/mol. The summed E-state index contributed by atoms with van der Waals surface area (Å²) in [4.78, 5) is 19.2. The van der Waals surface area contributed by atoms with Gasteiger partial charge >= 0.3 is 0 Å². The normalized spacial score (nSPS) is 19.1. The van der Waals surface area contributed by atoms with E-state index in [0.717, 1.165) is 42.3 Å². The van der Waals surface area contributed by atoms with E-state index in [-0.39, 0.29) is 11.9 Å². The lowest BCUT2D eigenvalue weighted by Gasteiger charge is -2.34. The predicted molar refractivity (Wildman–Crippen MR) is 96.4 cm³/mol. The molecule has 1 fully saturated rings. The van der Waals surface area contributed by atoms with E-state index >= 15 is 0 Å². The van der Waals surface area contributed by atoms with Gasteiger partial charge in [0.2, 0.25) is 0 Å². The number of ether oxygens (including phenoxy) is 1. The van der Waals surface area contributed by atoms with Gasteiger partial charge in [-0.3, -0.25) is 4.79 Å². The van der Waals surface area contributed by atoms with E-state index in [1.165, 1.54) is 11.3 Å². The van der Waals surface area contributed by atoms with Crippen LogP contribution in [0.2, 0.25) is 0 Å². The number of aromatic nitrogens is 1. The Labute approximate surface area is 146 Å². The molecule has 1 aliphatic heterocycles. The number of nitrogens with zero attached hydrogens (tertiary/aromatic N) is 2. The number of carbonyl (C=O) groups excluding carboxylic acids is 1. The zero-order chi connectivity index (χ0) is 17.1. The summed E-state index contributed by atoms with van der Waals surface area (Å²) in [5.41, 5.74) is 7.43. The maximum absolute atomic E-state index is 12.8. The van der Waals surface area contributed by atoms with Crippen molar-refractivity contribution in [2.45, 2.75) is 25.8 Å². The summed E-state index contributed by atoms with van der Waals surface area (Å²) in [5, 5.41) is 2.64. The van der Waals surface area contributed by atoms with E-state index in [2.05, 4.69) is 4.98 Å². The SMILES string of the molecule is COc1ccccc1-c1nc(C(=O)N2CCC[C@@H]([C@@H](C)N)C2)cs1. The number of amides is 1. The summed E-state index contributed by atoms with van der Waals surface area (Å²) in [6.07, 6.45) is 2.09. The largest absolute Gasteiger partial charge is 0.496 e. The highest BCUT2D eigenvalue weighted by Gasteiger charge is 2.27. The van der Waals surface area contributed by atoms with Crippen molar-refractivity contribution in [2.24, 2.45) is 11.7 Å². The molecule has 0 unspecified atom stereocenters. The molecule has 1 aromatic carbocycles. The van der Waals surface area contributed by atoms with Crippen molar-refractivity contribution in [1.29, 1.82) is 0 Å². The molecule has 5 nitrogen and oxygen atoms in total. The third-order valence-corrected chi connectivity index (χ3v) is 5.42. The quantitative estimate of drug-likeness (QED) is 0.925. The lowest BCUT2D eigenvalue weighted by molar-refractivity contribution is 0.0656. The Balaban J connectivity index is 1.79. The number of rotatable bonds is 4. The minimum atomic E-state index is -0.00209. The number of likely N-dealkylation sites (tertiary alicyclic amines) is 1. The Morgan fingerprint density at radius 2 is 2.25 bits per heavy atom. The first-order valence-electron chi connectivity index (χ1n) is 8.24. The molecule has 6 heteroatoms. The van der Waals surface area contributed by atoms with E-state index < -0.39 is 0 Å². The molecule has 3 rings (SSSR count). The minimum Gasteiger partial charge on any atom is -0.496 e. The molecule has 0 spiro atoms. The fourth-order valence-corrected chi connectivity index (χ4v) is 3.93. The Hall–Kier alpha value is -1.92. The number of hydrogen-bond donors (Lipinski definition) is 1. The average Bonchev–Trinajstić information content (AvgIpc) is 3.11. The van der Waals surface area contributed by atoms with Crippen molar-refractivity contribution < 1.29 is 9.53 Å². The van der Waals surface area contributed by atoms with Crippen LogP contribution in [0.4, 0.5) is 0 Å². The molecule has 128 valence electrons. The van der Waals surface area contributed by atoms with Crippen LogP contribution in [0.25, 0.3) is 10.6 Å². The number of nitrogens with two attached hydrogens (primary N) is 1. The van der Waals surface area contributed by atoms with Crippen molar-refractivity contribution in [3.63, 3.8) is 0 Å². The number of para-hydroxylation sites is 1. The third-order valence-electron chi connectivity index (χ3n) is 4.55. The van der Waals surface area contributed by atoms with E-state index in [9.17, 15) is 4.79 Å². The van der Waals surface area contributed by atoms with Gasteiger partial charge in [0.05, 0.1) is 12.7 Å². The van der Waals surface area contributed by atoms with Crippen molar-refractivity contribution in [1.82, 2.24) is 9.88 Å². The predicted octanol–water partition coefficient (Wildman–Crippen LogP) is 3.02. The van der Waals surface area contributed by atoms with Gasteiger partial charge in [-0.05, 0) is 37.8 Å². The summed E-state index contributed by atoms with van der Waals surface area (Å²) < 4.78 is 5.38. The maximum atomic E-state index is 12.8. The topological polar surface area (TPSA) is 68.5 Å². The number of hydrogen-bond acceptors (Lipinski definition) is 5. The molecule has 1 aliphatic rings. The Bertz CT molecular complexity index is 714. The first-order chi connectivity index (χ1) is 11.6. The van der Waals surface area contributed by atoms with Crippen LogP contribution >= 0.6 is 11.3 Å². The fourth-order valence-electron chi connectivity index (χ4n) is 3.10. The van der Waals surface area contributed by atoms with E-state index in [1.54, 1.807) is 7.11 Å². The summed E-state index contributed by atoms with van der Waals surface area (Å²) in [7, 11) is 1.64. The number of thiazole rings is 1.